The predicted molar refractivity (Wildman–Crippen MR) is 61.2 cm³/mol. The average Bonchev–Trinajstić information content (AvgIpc) is 2.31. The third-order valence-corrected chi connectivity index (χ3v) is 5.10. The standard InChI is InChI=1S/C13H26O/c1-6-7-11(14)13(5)9-8-10(2)12(13,3)4/h10-11,14H,6-9H2,1-5H3. The molecule has 3 atom stereocenters. The van der Waals surface area contributed by atoms with Crippen LogP contribution in [0.25, 0.3) is 0 Å². The summed E-state index contributed by atoms with van der Waals surface area (Å²) in [5.74, 6) is 0.735. The van der Waals surface area contributed by atoms with E-state index in [0.29, 0.717) is 0 Å². The Labute approximate surface area is 88.9 Å². The summed E-state index contributed by atoms with van der Waals surface area (Å²) >= 11 is 0. The molecular formula is C13H26O. The van der Waals surface area contributed by atoms with Crippen LogP contribution in [0.3, 0.4) is 0 Å². The Balaban J connectivity index is 2.83. The Morgan fingerprint density at radius 2 is 1.93 bits per heavy atom. The molecule has 0 amide bonds. The van der Waals surface area contributed by atoms with Crippen LogP contribution in [0.1, 0.15) is 60.3 Å². The van der Waals surface area contributed by atoms with Crippen molar-refractivity contribution in [2.24, 2.45) is 16.7 Å². The molecule has 1 N–H and O–H groups in total. The van der Waals surface area contributed by atoms with E-state index in [0.717, 1.165) is 18.8 Å². The van der Waals surface area contributed by atoms with Crippen LogP contribution in [0.5, 0.6) is 0 Å². The lowest BCUT2D eigenvalue weighted by Crippen LogP contribution is -2.42. The first-order chi connectivity index (χ1) is 6.36. The molecule has 0 heterocycles. The second kappa shape index (κ2) is 3.84. The van der Waals surface area contributed by atoms with Crippen LogP contribution in [0.15, 0.2) is 0 Å². The zero-order chi connectivity index (χ0) is 11.0. The quantitative estimate of drug-likeness (QED) is 0.734. The van der Waals surface area contributed by atoms with Crippen LogP contribution < -0.4 is 0 Å². The van der Waals surface area contributed by atoms with E-state index in [2.05, 4.69) is 34.6 Å². The summed E-state index contributed by atoms with van der Waals surface area (Å²) in [5.41, 5.74) is 0.407. The van der Waals surface area contributed by atoms with Crippen molar-refractivity contribution in [1.82, 2.24) is 0 Å². The van der Waals surface area contributed by atoms with Gasteiger partial charge < -0.3 is 5.11 Å². The fourth-order valence-corrected chi connectivity index (χ4v) is 2.95. The van der Waals surface area contributed by atoms with E-state index in [-0.39, 0.29) is 16.9 Å². The number of rotatable bonds is 3. The van der Waals surface area contributed by atoms with Crippen LogP contribution in [0.4, 0.5) is 0 Å². The summed E-state index contributed by atoms with van der Waals surface area (Å²) < 4.78 is 0. The van der Waals surface area contributed by atoms with Gasteiger partial charge in [0.25, 0.3) is 0 Å². The summed E-state index contributed by atoms with van der Waals surface area (Å²) in [7, 11) is 0. The molecule has 0 aliphatic heterocycles. The van der Waals surface area contributed by atoms with Crippen molar-refractivity contribution in [1.29, 1.82) is 0 Å². The van der Waals surface area contributed by atoms with Crippen LogP contribution in [-0.2, 0) is 0 Å². The molecule has 14 heavy (non-hydrogen) atoms. The Morgan fingerprint density at radius 3 is 2.29 bits per heavy atom. The summed E-state index contributed by atoms with van der Waals surface area (Å²) in [5, 5.41) is 10.3. The molecule has 1 aliphatic rings. The van der Waals surface area contributed by atoms with E-state index >= 15 is 0 Å². The maximum absolute atomic E-state index is 10.3. The first-order valence-corrected chi connectivity index (χ1v) is 6.04. The molecule has 1 fully saturated rings. The van der Waals surface area contributed by atoms with Crippen LogP contribution >= 0.6 is 0 Å². The summed E-state index contributed by atoms with van der Waals surface area (Å²) in [6.45, 7) is 11.4. The summed E-state index contributed by atoms with van der Waals surface area (Å²) in [6.07, 6.45) is 4.37. The second-order valence-electron chi connectivity index (χ2n) is 5.88. The van der Waals surface area contributed by atoms with Crippen molar-refractivity contribution in [3.63, 3.8) is 0 Å². The predicted octanol–water partition coefficient (Wildman–Crippen LogP) is 3.61. The highest BCUT2D eigenvalue weighted by atomic mass is 16.3. The number of hydrogen-bond donors (Lipinski definition) is 1. The molecule has 0 bridgehead atoms. The third-order valence-electron chi connectivity index (χ3n) is 5.10. The number of aliphatic hydroxyl groups is 1. The van der Waals surface area contributed by atoms with Gasteiger partial charge in [0, 0.05) is 0 Å². The van der Waals surface area contributed by atoms with Gasteiger partial charge in [-0.3, -0.25) is 0 Å². The lowest BCUT2D eigenvalue weighted by Gasteiger charge is -2.44. The molecule has 3 unspecified atom stereocenters. The zero-order valence-electron chi connectivity index (χ0n) is 10.4. The SMILES string of the molecule is CCCC(O)C1(C)CCC(C)C1(C)C. The van der Waals surface area contributed by atoms with Crippen molar-refractivity contribution >= 4 is 0 Å². The molecule has 0 aromatic heterocycles. The number of aliphatic hydroxyl groups excluding tert-OH is 1. The molecule has 0 saturated heterocycles. The topological polar surface area (TPSA) is 20.2 Å². The minimum absolute atomic E-state index is 0.118. The van der Waals surface area contributed by atoms with Crippen molar-refractivity contribution in [3.8, 4) is 0 Å². The molecule has 0 radical (unpaired) electrons. The fraction of sp³-hybridized carbons (Fsp3) is 1.00. The van der Waals surface area contributed by atoms with Gasteiger partial charge in [-0.25, -0.2) is 0 Å². The third kappa shape index (κ3) is 1.60. The first-order valence-electron chi connectivity index (χ1n) is 6.04. The van der Waals surface area contributed by atoms with Gasteiger partial charge >= 0.3 is 0 Å². The molecule has 1 nitrogen and oxygen atoms in total. The Morgan fingerprint density at radius 1 is 1.36 bits per heavy atom. The number of hydrogen-bond acceptors (Lipinski definition) is 1. The first kappa shape index (κ1) is 12.0. The molecule has 1 aliphatic carbocycles. The molecule has 0 spiro atoms. The van der Waals surface area contributed by atoms with E-state index in [1.54, 1.807) is 0 Å². The fourth-order valence-electron chi connectivity index (χ4n) is 2.95. The van der Waals surface area contributed by atoms with E-state index in [1.165, 1.54) is 12.8 Å². The lowest BCUT2D eigenvalue weighted by molar-refractivity contribution is -0.0447. The normalized spacial score (nSPS) is 38.6. The Bertz CT molecular complexity index is 197. The van der Waals surface area contributed by atoms with Crippen molar-refractivity contribution < 1.29 is 5.11 Å². The van der Waals surface area contributed by atoms with Gasteiger partial charge in [-0.05, 0) is 36.0 Å². The molecule has 1 rings (SSSR count). The lowest BCUT2D eigenvalue weighted by atomic mass is 9.62. The minimum Gasteiger partial charge on any atom is -0.393 e. The van der Waals surface area contributed by atoms with Crippen LogP contribution in [0, 0.1) is 16.7 Å². The van der Waals surface area contributed by atoms with Gasteiger partial charge in [-0.15, -0.1) is 0 Å². The monoisotopic (exact) mass is 198 g/mol. The highest BCUT2D eigenvalue weighted by Crippen LogP contribution is 2.57. The Hall–Kier alpha value is -0.0400. The molecule has 0 aromatic carbocycles. The van der Waals surface area contributed by atoms with Crippen LogP contribution in [0.2, 0.25) is 0 Å². The average molecular weight is 198 g/mol. The summed E-state index contributed by atoms with van der Waals surface area (Å²) in [6, 6.07) is 0. The van der Waals surface area contributed by atoms with Crippen LogP contribution in [-0.4, -0.2) is 11.2 Å². The van der Waals surface area contributed by atoms with Gasteiger partial charge in [0.2, 0.25) is 0 Å². The molecule has 1 saturated carbocycles. The summed E-state index contributed by atoms with van der Waals surface area (Å²) in [4.78, 5) is 0. The highest BCUT2D eigenvalue weighted by molar-refractivity contribution is 5.02. The molecular weight excluding hydrogens is 172 g/mol. The zero-order valence-corrected chi connectivity index (χ0v) is 10.4. The maximum Gasteiger partial charge on any atom is 0.0598 e. The van der Waals surface area contributed by atoms with E-state index in [1.807, 2.05) is 0 Å². The molecule has 84 valence electrons. The van der Waals surface area contributed by atoms with Gasteiger partial charge in [0.1, 0.15) is 0 Å². The second-order valence-corrected chi connectivity index (χ2v) is 5.88. The largest absolute Gasteiger partial charge is 0.393 e. The van der Waals surface area contributed by atoms with Gasteiger partial charge in [-0.1, -0.05) is 41.0 Å². The highest BCUT2D eigenvalue weighted by Gasteiger charge is 2.52. The van der Waals surface area contributed by atoms with E-state index < -0.39 is 0 Å². The molecule has 1 heteroatoms. The van der Waals surface area contributed by atoms with E-state index in [9.17, 15) is 5.11 Å². The van der Waals surface area contributed by atoms with Crippen molar-refractivity contribution in [2.75, 3.05) is 0 Å². The van der Waals surface area contributed by atoms with Gasteiger partial charge in [0.05, 0.1) is 6.10 Å². The smallest absolute Gasteiger partial charge is 0.0598 e. The van der Waals surface area contributed by atoms with Crippen molar-refractivity contribution in [2.45, 2.75) is 66.4 Å². The van der Waals surface area contributed by atoms with Gasteiger partial charge in [0.15, 0.2) is 0 Å². The Kier molecular flexibility index (Phi) is 3.30. The maximum atomic E-state index is 10.3. The van der Waals surface area contributed by atoms with Crippen molar-refractivity contribution in [3.05, 3.63) is 0 Å². The minimum atomic E-state index is -0.118. The van der Waals surface area contributed by atoms with Gasteiger partial charge in [-0.2, -0.15) is 0 Å². The van der Waals surface area contributed by atoms with E-state index in [4.69, 9.17) is 0 Å². The molecule has 0 aromatic rings.